The number of aromatic nitrogens is 1. The number of hydrogen-bond acceptors (Lipinski definition) is 4. The van der Waals surface area contributed by atoms with Crippen LogP contribution in [0.2, 0.25) is 0 Å². The Hall–Kier alpha value is -1.62. The molecule has 0 saturated carbocycles. The topological polar surface area (TPSA) is 62.7 Å². The molecule has 0 aliphatic carbocycles. The Kier molecular flexibility index (Phi) is 4.90. The summed E-state index contributed by atoms with van der Waals surface area (Å²) in [6.45, 7) is 5.44. The van der Waals surface area contributed by atoms with Crippen LogP contribution in [0.5, 0.6) is 0 Å². The molecule has 0 aliphatic rings. The minimum Gasteiger partial charge on any atom is -0.477 e. The van der Waals surface area contributed by atoms with Crippen LogP contribution < -0.4 is 4.90 Å². The minimum absolute atomic E-state index is 0.0607. The quantitative estimate of drug-likeness (QED) is 0.816. The Bertz CT molecular complexity index is 382. The first-order valence-corrected chi connectivity index (χ1v) is 5.55. The zero-order valence-electron chi connectivity index (χ0n) is 10.4. The van der Waals surface area contributed by atoms with Crippen LogP contribution in [-0.2, 0) is 4.74 Å². The van der Waals surface area contributed by atoms with Crippen molar-refractivity contribution >= 4 is 11.7 Å². The van der Waals surface area contributed by atoms with E-state index in [4.69, 9.17) is 9.84 Å². The van der Waals surface area contributed by atoms with Crippen molar-refractivity contribution in [2.75, 3.05) is 25.2 Å². The van der Waals surface area contributed by atoms with E-state index in [0.29, 0.717) is 6.61 Å². The number of likely N-dealkylation sites (N-methyl/N-ethyl adjacent to an activating group) is 1. The SMILES string of the molecule is CCN(c1ccnc(C(=O)O)c1)C(C)COC. The van der Waals surface area contributed by atoms with Gasteiger partial charge in [-0.25, -0.2) is 9.78 Å². The van der Waals surface area contributed by atoms with Gasteiger partial charge >= 0.3 is 5.97 Å². The van der Waals surface area contributed by atoms with Gasteiger partial charge in [0, 0.05) is 31.6 Å². The second-order valence-electron chi connectivity index (χ2n) is 3.79. The Morgan fingerprint density at radius 2 is 2.35 bits per heavy atom. The van der Waals surface area contributed by atoms with Gasteiger partial charge in [-0.1, -0.05) is 0 Å². The monoisotopic (exact) mass is 238 g/mol. The van der Waals surface area contributed by atoms with E-state index < -0.39 is 5.97 Å². The fraction of sp³-hybridized carbons (Fsp3) is 0.500. The third kappa shape index (κ3) is 3.42. The van der Waals surface area contributed by atoms with Gasteiger partial charge in [-0.05, 0) is 26.0 Å². The molecular formula is C12H18N2O3. The molecule has 0 aliphatic heterocycles. The zero-order valence-corrected chi connectivity index (χ0v) is 10.4. The standard InChI is InChI=1S/C12H18N2O3/c1-4-14(9(2)8-17-3)10-5-6-13-11(7-10)12(15)16/h5-7,9H,4,8H2,1-3H3,(H,15,16). The number of ether oxygens (including phenoxy) is 1. The minimum atomic E-state index is -1.01. The van der Waals surface area contributed by atoms with Crippen molar-refractivity contribution in [3.05, 3.63) is 24.0 Å². The highest BCUT2D eigenvalue weighted by atomic mass is 16.5. The Morgan fingerprint density at radius 3 is 2.88 bits per heavy atom. The van der Waals surface area contributed by atoms with Crippen molar-refractivity contribution < 1.29 is 14.6 Å². The maximum Gasteiger partial charge on any atom is 0.354 e. The molecule has 0 bridgehead atoms. The maximum absolute atomic E-state index is 10.9. The molecule has 5 nitrogen and oxygen atoms in total. The molecule has 0 amide bonds. The molecule has 5 heteroatoms. The van der Waals surface area contributed by atoms with Gasteiger partial charge in [-0.15, -0.1) is 0 Å². The average molecular weight is 238 g/mol. The zero-order chi connectivity index (χ0) is 12.8. The normalized spacial score (nSPS) is 12.2. The van der Waals surface area contributed by atoms with Crippen LogP contribution in [0.4, 0.5) is 5.69 Å². The first kappa shape index (κ1) is 13.4. The molecule has 1 unspecified atom stereocenters. The lowest BCUT2D eigenvalue weighted by Gasteiger charge is -2.29. The Morgan fingerprint density at radius 1 is 1.65 bits per heavy atom. The molecule has 0 radical (unpaired) electrons. The lowest BCUT2D eigenvalue weighted by molar-refractivity contribution is 0.0690. The summed E-state index contributed by atoms with van der Waals surface area (Å²) in [6, 6.07) is 3.58. The second-order valence-corrected chi connectivity index (χ2v) is 3.79. The van der Waals surface area contributed by atoms with E-state index >= 15 is 0 Å². The molecule has 0 saturated heterocycles. The first-order valence-electron chi connectivity index (χ1n) is 5.55. The molecule has 94 valence electrons. The lowest BCUT2D eigenvalue weighted by Crippen LogP contribution is -2.36. The average Bonchev–Trinajstić information content (AvgIpc) is 2.30. The van der Waals surface area contributed by atoms with E-state index in [-0.39, 0.29) is 11.7 Å². The van der Waals surface area contributed by atoms with Crippen molar-refractivity contribution in [1.82, 2.24) is 4.98 Å². The van der Waals surface area contributed by atoms with Gasteiger partial charge in [-0.2, -0.15) is 0 Å². The smallest absolute Gasteiger partial charge is 0.354 e. The molecule has 1 atom stereocenters. The van der Waals surface area contributed by atoms with Crippen molar-refractivity contribution in [3.8, 4) is 0 Å². The Labute approximate surface area is 101 Å². The fourth-order valence-electron chi connectivity index (χ4n) is 1.79. The van der Waals surface area contributed by atoms with Gasteiger partial charge in [0.25, 0.3) is 0 Å². The van der Waals surface area contributed by atoms with Gasteiger partial charge < -0.3 is 14.7 Å². The van der Waals surface area contributed by atoms with Crippen LogP contribution in [0.15, 0.2) is 18.3 Å². The number of carboxylic acid groups (broad SMARTS) is 1. The summed E-state index contributed by atoms with van der Waals surface area (Å²) in [5.74, 6) is -1.01. The largest absolute Gasteiger partial charge is 0.477 e. The number of nitrogens with zero attached hydrogens (tertiary/aromatic N) is 2. The van der Waals surface area contributed by atoms with Gasteiger partial charge in [0.2, 0.25) is 0 Å². The molecule has 0 spiro atoms. The van der Waals surface area contributed by atoms with Crippen molar-refractivity contribution in [2.45, 2.75) is 19.9 Å². The highest BCUT2D eigenvalue weighted by molar-refractivity contribution is 5.86. The summed E-state index contributed by atoms with van der Waals surface area (Å²) in [6.07, 6.45) is 1.51. The van der Waals surface area contributed by atoms with E-state index in [0.717, 1.165) is 12.2 Å². The molecule has 0 aromatic carbocycles. The van der Waals surface area contributed by atoms with Gasteiger partial charge in [0.15, 0.2) is 0 Å². The summed E-state index contributed by atoms with van der Waals surface area (Å²) in [5, 5.41) is 8.90. The molecular weight excluding hydrogens is 220 g/mol. The summed E-state index contributed by atoms with van der Waals surface area (Å²) >= 11 is 0. The molecule has 1 rings (SSSR count). The van der Waals surface area contributed by atoms with Gasteiger partial charge in [0.1, 0.15) is 5.69 Å². The summed E-state index contributed by atoms with van der Waals surface area (Å²) in [7, 11) is 1.65. The maximum atomic E-state index is 10.9. The lowest BCUT2D eigenvalue weighted by atomic mass is 10.2. The number of rotatable bonds is 6. The fourth-order valence-corrected chi connectivity index (χ4v) is 1.79. The number of pyridine rings is 1. The number of aromatic carboxylic acids is 1. The second kappa shape index (κ2) is 6.20. The number of anilines is 1. The number of carboxylic acids is 1. The number of carbonyl (C=O) groups is 1. The van der Waals surface area contributed by atoms with Gasteiger partial charge in [-0.3, -0.25) is 0 Å². The molecule has 1 N–H and O–H groups in total. The molecule has 1 aromatic heterocycles. The summed E-state index contributed by atoms with van der Waals surface area (Å²) < 4.78 is 5.11. The highest BCUT2D eigenvalue weighted by Gasteiger charge is 2.14. The van der Waals surface area contributed by atoms with Crippen molar-refractivity contribution in [2.24, 2.45) is 0 Å². The van der Waals surface area contributed by atoms with Gasteiger partial charge in [0.05, 0.1) is 6.61 Å². The van der Waals surface area contributed by atoms with E-state index in [2.05, 4.69) is 9.88 Å². The predicted octanol–water partition coefficient (Wildman–Crippen LogP) is 1.64. The van der Waals surface area contributed by atoms with Crippen LogP contribution in [0.1, 0.15) is 24.3 Å². The van der Waals surface area contributed by atoms with Crippen molar-refractivity contribution in [1.29, 1.82) is 0 Å². The molecule has 1 heterocycles. The van der Waals surface area contributed by atoms with Crippen LogP contribution in [0.3, 0.4) is 0 Å². The summed E-state index contributed by atoms with van der Waals surface area (Å²) in [5.41, 5.74) is 0.912. The first-order chi connectivity index (χ1) is 8.10. The molecule has 1 aromatic rings. The van der Waals surface area contributed by atoms with E-state index in [1.165, 1.54) is 6.20 Å². The Balaban J connectivity index is 2.95. The van der Waals surface area contributed by atoms with Crippen molar-refractivity contribution in [3.63, 3.8) is 0 Å². The predicted molar refractivity (Wildman–Crippen MR) is 65.6 cm³/mol. The molecule has 17 heavy (non-hydrogen) atoms. The van der Waals surface area contributed by atoms with Crippen LogP contribution in [-0.4, -0.2) is 42.4 Å². The summed E-state index contributed by atoms with van der Waals surface area (Å²) in [4.78, 5) is 16.7. The number of hydrogen-bond donors (Lipinski definition) is 1. The van der Waals surface area contributed by atoms with E-state index in [9.17, 15) is 4.79 Å². The number of methoxy groups -OCH3 is 1. The third-order valence-electron chi connectivity index (χ3n) is 2.57. The molecule has 0 fully saturated rings. The van der Waals surface area contributed by atoms with E-state index in [1.807, 2.05) is 19.9 Å². The van der Waals surface area contributed by atoms with Crippen LogP contribution >= 0.6 is 0 Å². The highest BCUT2D eigenvalue weighted by Crippen LogP contribution is 2.17. The van der Waals surface area contributed by atoms with Crippen LogP contribution in [0.25, 0.3) is 0 Å². The third-order valence-corrected chi connectivity index (χ3v) is 2.57. The van der Waals surface area contributed by atoms with Crippen LogP contribution in [0, 0.1) is 0 Å². The van der Waals surface area contributed by atoms with E-state index in [1.54, 1.807) is 13.2 Å².